The van der Waals surface area contributed by atoms with Gasteiger partial charge in [0.05, 0.1) is 12.0 Å². The number of nitrogens with two attached hydrogens (primary N) is 2. The van der Waals surface area contributed by atoms with Gasteiger partial charge in [-0.15, -0.1) is 0 Å². The molecule has 0 aliphatic heterocycles. The van der Waals surface area contributed by atoms with Crippen LogP contribution in [0.5, 0.6) is 0 Å². The summed E-state index contributed by atoms with van der Waals surface area (Å²) in [5, 5.41) is 14.3. The molecule has 0 aromatic carbocycles. The van der Waals surface area contributed by atoms with E-state index in [1.165, 1.54) is 0 Å². The molecule has 1 aromatic rings. The van der Waals surface area contributed by atoms with Gasteiger partial charge in [-0.2, -0.15) is 5.26 Å². The molecule has 1 rings (SSSR count). The van der Waals surface area contributed by atoms with E-state index in [2.05, 4.69) is 5.73 Å². The Balaban J connectivity index is 0.000000424. The van der Waals surface area contributed by atoms with Crippen molar-refractivity contribution in [2.45, 2.75) is 13.8 Å². The van der Waals surface area contributed by atoms with Crippen molar-refractivity contribution in [2.75, 3.05) is 5.73 Å². The molecule has 0 aliphatic carbocycles. The molecule has 0 unspecified atom stereocenters. The first kappa shape index (κ1) is 11.0. The van der Waals surface area contributed by atoms with E-state index < -0.39 is 0 Å². The van der Waals surface area contributed by atoms with E-state index in [1.807, 2.05) is 13.0 Å². The third kappa shape index (κ3) is 2.52. The van der Waals surface area contributed by atoms with Crippen LogP contribution in [0.2, 0.25) is 0 Å². The lowest BCUT2D eigenvalue weighted by Crippen LogP contribution is -1.86. The largest absolute Gasteiger partial charge is 0.448 e. The van der Waals surface area contributed by atoms with Crippen molar-refractivity contribution in [2.24, 2.45) is 5.73 Å². The zero-order valence-electron chi connectivity index (χ0n) is 7.59. The number of hydrogen-bond acceptors (Lipinski definition) is 4. The summed E-state index contributed by atoms with van der Waals surface area (Å²) in [7, 11) is 0. The normalized spacial score (nSPS) is 8.08. The molecule has 13 heavy (non-hydrogen) atoms. The summed E-state index contributed by atoms with van der Waals surface area (Å²) < 4.78 is 5.01. The zero-order valence-corrected chi connectivity index (χ0v) is 7.59. The first-order chi connectivity index (χ1) is 6.08. The lowest BCUT2D eigenvalue weighted by Gasteiger charge is -1.84. The van der Waals surface area contributed by atoms with Crippen LogP contribution in [-0.4, -0.2) is 6.34 Å². The van der Waals surface area contributed by atoms with E-state index in [9.17, 15) is 0 Å². The Morgan fingerprint density at radius 2 is 2.00 bits per heavy atom. The maximum Gasteiger partial charge on any atom is 0.226 e. The monoisotopic (exact) mass is 180 g/mol. The predicted octanol–water partition coefficient (Wildman–Crippen LogP) is 0.902. The van der Waals surface area contributed by atoms with Crippen LogP contribution < -0.4 is 11.5 Å². The second-order valence-corrected chi connectivity index (χ2v) is 2.30. The van der Waals surface area contributed by atoms with Crippen molar-refractivity contribution in [3.8, 4) is 6.07 Å². The Morgan fingerprint density at radius 1 is 1.54 bits per heavy atom. The van der Waals surface area contributed by atoms with Gasteiger partial charge in [0, 0.05) is 5.56 Å². The van der Waals surface area contributed by atoms with Gasteiger partial charge in [-0.3, -0.25) is 5.41 Å². The van der Waals surface area contributed by atoms with Crippen molar-refractivity contribution in [3.05, 3.63) is 17.1 Å². The predicted molar refractivity (Wildman–Crippen MR) is 50.3 cm³/mol. The first-order valence-corrected chi connectivity index (χ1v) is 3.54. The van der Waals surface area contributed by atoms with Crippen LogP contribution in [-0.2, 0) is 0 Å². The van der Waals surface area contributed by atoms with E-state index in [0.29, 0.717) is 11.4 Å². The highest BCUT2D eigenvalue weighted by atomic mass is 16.3. The standard InChI is InChI=1S/C7H8N2O.CH4N2/c1-4-5(2)10-6(3-8)7(4)9;2-1-3/h9H2,1-2H3;1H,(H3,2,3). The number of rotatable bonds is 0. The Bertz CT molecular complexity index is 335. The lowest BCUT2D eigenvalue weighted by atomic mass is 10.2. The number of furan rings is 1. The maximum atomic E-state index is 8.43. The van der Waals surface area contributed by atoms with Crippen LogP contribution >= 0.6 is 0 Å². The summed E-state index contributed by atoms with van der Waals surface area (Å²) in [5.74, 6) is 0.934. The fraction of sp³-hybridized carbons (Fsp3) is 0.250. The molecule has 0 saturated heterocycles. The molecular weight excluding hydrogens is 168 g/mol. The molecule has 0 atom stereocenters. The molecule has 0 radical (unpaired) electrons. The van der Waals surface area contributed by atoms with Crippen LogP contribution in [0.25, 0.3) is 0 Å². The summed E-state index contributed by atoms with van der Waals surface area (Å²) in [4.78, 5) is 0. The minimum Gasteiger partial charge on any atom is -0.448 e. The average Bonchev–Trinajstić information content (AvgIpc) is 2.34. The van der Waals surface area contributed by atoms with Gasteiger partial charge in [0.25, 0.3) is 0 Å². The Morgan fingerprint density at radius 3 is 2.15 bits per heavy atom. The summed E-state index contributed by atoms with van der Waals surface area (Å²) >= 11 is 0. The molecule has 70 valence electrons. The van der Waals surface area contributed by atoms with Crippen LogP contribution in [0.3, 0.4) is 0 Å². The van der Waals surface area contributed by atoms with Crippen molar-refractivity contribution in [1.29, 1.82) is 10.7 Å². The van der Waals surface area contributed by atoms with Gasteiger partial charge in [-0.1, -0.05) is 0 Å². The number of nitrogens with zero attached hydrogens (tertiary/aromatic N) is 1. The third-order valence-electron chi connectivity index (χ3n) is 1.53. The Kier molecular flexibility index (Phi) is 4.10. The summed E-state index contributed by atoms with van der Waals surface area (Å²) in [6.07, 6.45) is 0.750. The second-order valence-electron chi connectivity index (χ2n) is 2.30. The second kappa shape index (κ2) is 4.83. The molecule has 5 nitrogen and oxygen atoms in total. The quantitative estimate of drug-likeness (QED) is 0.406. The van der Waals surface area contributed by atoms with Crippen LogP contribution in [0, 0.1) is 30.6 Å². The van der Waals surface area contributed by atoms with Gasteiger partial charge in [-0.05, 0) is 13.8 Å². The molecule has 1 aromatic heterocycles. The van der Waals surface area contributed by atoms with Gasteiger partial charge < -0.3 is 15.9 Å². The fourth-order valence-electron chi connectivity index (χ4n) is 0.728. The van der Waals surface area contributed by atoms with Crippen molar-refractivity contribution < 1.29 is 4.42 Å². The fourth-order valence-corrected chi connectivity index (χ4v) is 0.728. The van der Waals surface area contributed by atoms with E-state index in [1.54, 1.807) is 6.92 Å². The molecule has 0 aliphatic rings. The molecule has 0 fully saturated rings. The molecule has 0 bridgehead atoms. The highest BCUT2D eigenvalue weighted by Gasteiger charge is 2.09. The van der Waals surface area contributed by atoms with Gasteiger partial charge >= 0.3 is 0 Å². The SMILES string of the molecule is Cc1oc(C#N)c(N)c1C.N=CN. The number of nitriles is 1. The number of nitrogens with one attached hydrogen (secondary N) is 1. The van der Waals surface area contributed by atoms with E-state index >= 15 is 0 Å². The number of nitrogen functional groups attached to an aromatic ring is 1. The minimum absolute atomic E-state index is 0.218. The molecular formula is C8H12N4O. The van der Waals surface area contributed by atoms with Gasteiger partial charge in [-0.25, -0.2) is 0 Å². The van der Waals surface area contributed by atoms with Crippen LogP contribution in [0.4, 0.5) is 5.69 Å². The van der Waals surface area contributed by atoms with Gasteiger partial charge in [0.1, 0.15) is 11.8 Å². The molecule has 5 N–H and O–H groups in total. The van der Waals surface area contributed by atoms with E-state index in [-0.39, 0.29) is 5.76 Å². The Hall–Kier alpha value is -1.96. The molecule has 5 heteroatoms. The van der Waals surface area contributed by atoms with Gasteiger partial charge in [0.2, 0.25) is 5.76 Å². The topological polar surface area (TPSA) is 113 Å². The highest BCUT2D eigenvalue weighted by molar-refractivity contribution is 5.56. The van der Waals surface area contributed by atoms with Crippen molar-refractivity contribution in [3.63, 3.8) is 0 Å². The lowest BCUT2D eigenvalue weighted by molar-refractivity contribution is 0.520. The van der Waals surface area contributed by atoms with Crippen molar-refractivity contribution >= 4 is 12.0 Å². The smallest absolute Gasteiger partial charge is 0.226 e. The summed E-state index contributed by atoms with van der Waals surface area (Å²) in [6, 6.07) is 1.87. The van der Waals surface area contributed by atoms with E-state index in [4.69, 9.17) is 20.8 Å². The minimum atomic E-state index is 0.218. The van der Waals surface area contributed by atoms with Crippen molar-refractivity contribution in [1.82, 2.24) is 0 Å². The summed E-state index contributed by atoms with van der Waals surface area (Å²) in [6.45, 7) is 3.61. The van der Waals surface area contributed by atoms with Gasteiger partial charge in [0.15, 0.2) is 0 Å². The molecule has 0 spiro atoms. The summed E-state index contributed by atoms with van der Waals surface area (Å²) in [5.41, 5.74) is 11.2. The maximum absolute atomic E-state index is 8.43. The molecule has 0 amide bonds. The van der Waals surface area contributed by atoms with E-state index in [0.717, 1.165) is 11.9 Å². The van der Waals surface area contributed by atoms with Crippen LogP contribution in [0.1, 0.15) is 17.1 Å². The zero-order chi connectivity index (χ0) is 10.4. The number of hydrogen-bond donors (Lipinski definition) is 3. The van der Waals surface area contributed by atoms with Crippen LogP contribution in [0.15, 0.2) is 4.42 Å². The average molecular weight is 180 g/mol. The number of anilines is 1. The third-order valence-corrected chi connectivity index (χ3v) is 1.53. The first-order valence-electron chi connectivity index (χ1n) is 3.54. The number of aryl methyl sites for hydroxylation is 1. The Labute approximate surface area is 76.4 Å². The molecule has 1 heterocycles. The highest BCUT2D eigenvalue weighted by Crippen LogP contribution is 2.22. The molecule has 0 saturated carbocycles.